The molecule has 0 spiro atoms. The van der Waals surface area contributed by atoms with Gasteiger partial charge >= 0.3 is 0 Å². The molecule has 142 valence electrons. The normalized spacial score (nSPS) is 11.6. The standard InChI is InChI=1S/C19H14ClFN4O2S/c20-18-10-16(21)7-5-15(18)11-25-12-22-19(23-25)24-28(26,27)17-8-6-13-3-1-2-4-14(13)9-17/h1-10,12H,11H2,(H,23,24). The van der Waals surface area contributed by atoms with Crippen molar-refractivity contribution in [3.05, 3.63) is 83.4 Å². The van der Waals surface area contributed by atoms with E-state index >= 15 is 0 Å². The fourth-order valence-corrected chi connectivity index (χ4v) is 3.96. The highest BCUT2D eigenvalue weighted by atomic mass is 35.5. The molecule has 4 rings (SSSR count). The van der Waals surface area contributed by atoms with Crippen LogP contribution in [0.1, 0.15) is 5.56 Å². The summed E-state index contributed by atoms with van der Waals surface area (Å²) in [4.78, 5) is 4.09. The van der Waals surface area contributed by atoms with Crippen LogP contribution in [-0.4, -0.2) is 23.2 Å². The Bertz CT molecular complexity index is 1270. The van der Waals surface area contributed by atoms with Crippen LogP contribution in [0.2, 0.25) is 5.02 Å². The summed E-state index contributed by atoms with van der Waals surface area (Å²) in [6.45, 7) is 0.226. The smallest absolute Gasteiger partial charge is 0.246 e. The van der Waals surface area contributed by atoms with Crippen molar-refractivity contribution >= 4 is 38.3 Å². The van der Waals surface area contributed by atoms with Crippen molar-refractivity contribution in [1.82, 2.24) is 14.8 Å². The molecule has 0 radical (unpaired) electrons. The zero-order chi connectivity index (χ0) is 19.7. The summed E-state index contributed by atoms with van der Waals surface area (Å²) in [7, 11) is -3.84. The maximum atomic E-state index is 13.1. The molecule has 1 heterocycles. The molecule has 0 aliphatic carbocycles. The van der Waals surface area contributed by atoms with Crippen molar-refractivity contribution in [2.24, 2.45) is 0 Å². The molecule has 0 saturated carbocycles. The minimum atomic E-state index is -3.84. The topological polar surface area (TPSA) is 76.9 Å². The number of sulfonamides is 1. The quantitative estimate of drug-likeness (QED) is 0.532. The molecule has 1 N–H and O–H groups in total. The van der Waals surface area contributed by atoms with E-state index in [9.17, 15) is 12.8 Å². The molecule has 28 heavy (non-hydrogen) atoms. The van der Waals surface area contributed by atoms with Crippen LogP contribution in [0, 0.1) is 5.82 Å². The van der Waals surface area contributed by atoms with E-state index in [1.165, 1.54) is 35.3 Å². The summed E-state index contributed by atoms with van der Waals surface area (Å²) in [6, 6.07) is 16.4. The first-order valence-electron chi connectivity index (χ1n) is 8.26. The predicted octanol–water partition coefficient (Wildman–Crippen LogP) is 4.07. The monoisotopic (exact) mass is 416 g/mol. The number of halogens is 2. The van der Waals surface area contributed by atoms with Crippen LogP contribution < -0.4 is 4.72 Å². The van der Waals surface area contributed by atoms with E-state index < -0.39 is 15.8 Å². The van der Waals surface area contributed by atoms with Gasteiger partial charge in [0.25, 0.3) is 16.0 Å². The number of hydrogen-bond donors (Lipinski definition) is 1. The van der Waals surface area contributed by atoms with E-state index in [4.69, 9.17) is 11.6 Å². The van der Waals surface area contributed by atoms with Gasteiger partial charge in [-0.25, -0.2) is 22.2 Å². The fourth-order valence-electron chi connectivity index (χ4n) is 2.76. The third-order valence-electron chi connectivity index (χ3n) is 4.14. The second-order valence-electron chi connectivity index (χ2n) is 6.12. The van der Waals surface area contributed by atoms with Gasteiger partial charge < -0.3 is 0 Å². The van der Waals surface area contributed by atoms with Crippen LogP contribution in [0.15, 0.2) is 71.9 Å². The Morgan fingerprint density at radius 1 is 1.04 bits per heavy atom. The average molecular weight is 417 g/mol. The zero-order valence-corrected chi connectivity index (χ0v) is 16.0. The average Bonchev–Trinajstić information content (AvgIpc) is 3.10. The van der Waals surface area contributed by atoms with Gasteiger partial charge in [-0.2, -0.15) is 4.98 Å². The lowest BCUT2D eigenvalue weighted by Crippen LogP contribution is -2.14. The van der Waals surface area contributed by atoms with Gasteiger partial charge in [-0.3, -0.25) is 0 Å². The molecule has 0 aliphatic heterocycles. The van der Waals surface area contributed by atoms with Crippen LogP contribution in [0.25, 0.3) is 10.8 Å². The predicted molar refractivity (Wildman–Crippen MR) is 105 cm³/mol. The number of nitrogens with one attached hydrogen (secondary N) is 1. The number of aromatic nitrogens is 3. The summed E-state index contributed by atoms with van der Waals surface area (Å²) in [6.07, 6.45) is 1.37. The molecule has 3 aromatic carbocycles. The molecule has 0 unspecified atom stereocenters. The maximum absolute atomic E-state index is 13.1. The number of nitrogens with zero attached hydrogens (tertiary/aromatic N) is 3. The summed E-state index contributed by atoms with van der Waals surface area (Å²) < 4.78 is 42.2. The Morgan fingerprint density at radius 2 is 1.82 bits per heavy atom. The molecule has 0 saturated heterocycles. The Balaban J connectivity index is 1.55. The van der Waals surface area contributed by atoms with Gasteiger partial charge in [-0.15, -0.1) is 5.10 Å². The molecular formula is C19H14ClFN4O2S. The first kappa shape index (κ1) is 18.4. The van der Waals surface area contributed by atoms with E-state index in [0.717, 1.165) is 10.8 Å². The van der Waals surface area contributed by atoms with Gasteiger partial charge in [-0.05, 0) is 40.6 Å². The molecule has 0 atom stereocenters. The first-order valence-corrected chi connectivity index (χ1v) is 10.1. The van der Waals surface area contributed by atoms with Gasteiger partial charge in [0, 0.05) is 5.02 Å². The number of fused-ring (bicyclic) bond motifs is 1. The Hall–Kier alpha value is -2.97. The molecule has 9 heteroatoms. The Morgan fingerprint density at radius 3 is 2.61 bits per heavy atom. The molecule has 0 amide bonds. The summed E-state index contributed by atoms with van der Waals surface area (Å²) in [5, 5.41) is 6.12. The van der Waals surface area contributed by atoms with Crippen molar-refractivity contribution in [3.63, 3.8) is 0 Å². The summed E-state index contributed by atoms with van der Waals surface area (Å²) in [5.41, 5.74) is 0.636. The molecule has 0 fully saturated rings. The second-order valence-corrected chi connectivity index (χ2v) is 8.21. The van der Waals surface area contributed by atoms with Gasteiger partial charge in [0.1, 0.15) is 12.1 Å². The summed E-state index contributed by atoms with van der Waals surface area (Å²) >= 11 is 6.01. The SMILES string of the molecule is O=S(=O)(Nc1ncn(Cc2ccc(F)cc2Cl)n1)c1ccc2ccccc2c1. The van der Waals surface area contributed by atoms with Crippen LogP contribution in [0.5, 0.6) is 0 Å². The molecule has 0 aliphatic rings. The first-order chi connectivity index (χ1) is 13.4. The minimum Gasteiger partial charge on any atom is -0.246 e. The highest BCUT2D eigenvalue weighted by Gasteiger charge is 2.17. The third kappa shape index (κ3) is 3.83. The van der Waals surface area contributed by atoms with E-state index in [1.54, 1.807) is 12.1 Å². The maximum Gasteiger partial charge on any atom is 0.264 e. The number of anilines is 1. The Kier molecular flexibility index (Phi) is 4.74. The molecule has 4 aromatic rings. The summed E-state index contributed by atoms with van der Waals surface area (Å²) in [5.74, 6) is -0.498. The van der Waals surface area contributed by atoms with E-state index in [2.05, 4.69) is 14.8 Å². The van der Waals surface area contributed by atoms with Crippen molar-refractivity contribution in [1.29, 1.82) is 0 Å². The van der Waals surface area contributed by atoms with Gasteiger partial charge in [0.05, 0.1) is 11.4 Å². The zero-order valence-electron chi connectivity index (χ0n) is 14.4. The van der Waals surface area contributed by atoms with Gasteiger partial charge in [0.2, 0.25) is 0 Å². The van der Waals surface area contributed by atoms with Crippen LogP contribution in [-0.2, 0) is 16.6 Å². The van der Waals surface area contributed by atoms with Crippen molar-refractivity contribution in [2.75, 3.05) is 4.72 Å². The highest BCUT2D eigenvalue weighted by molar-refractivity contribution is 7.92. The number of benzene rings is 3. The highest BCUT2D eigenvalue weighted by Crippen LogP contribution is 2.21. The van der Waals surface area contributed by atoms with Crippen molar-refractivity contribution in [3.8, 4) is 0 Å². The van der Waals surface area contributed by atoms with Crippen LogP contribution >= 0.6 is 11.6 Å². The minimum absolute atomic E-state index is 0.0635. The van der Waals surface area contributed by atoms with E-state index in [0.29, 0.717) is 5.56 Å². The van der Waals surface area contributed by atoms with Crippen LogP contribution in [0.4, 0.5) is 10.3 Å². The van der Waals surface area contributed by atoms with E-state index in [-0.39, 0.29) is 22.4 Å². The lowest BCUT2D eigenvalue weighted by molar-refractivity contribution is 0.600. The number of hydrogen-bond acceptors (Lipinski definition) is 4. The molecule has 6 nitrogen and oxygen atoms in total. The lowest BCUT2D eigenvalue weighted by atomic mass is 10.1. The molecule has 1 aromatic heterocycles. The van der Waals surface area contributed by atoms with Crippen molar-refractivity contribution in [2.45, 2.75) is 11.4 Å². The Labute approximate surface area is 165 Å². The second kappa shape index (κ2) is 7.21. The lowest BCUT2D eigenvalue weighted by Gasteiger charge is -2.06. The molecule has 0 bridgehead atoms. The van der Waals surface area contributed by atoms with Crippen LogP contribution in [0.3, 0.4) is 0 Å². The van der Waals surface area contributed by atoms with Crippen molar-refractivity contribution < 1.29 is 12.8 Å². The fraction of sp³-hybridized carbons (Fsp3) is 0.0526. The van der Waals surface area contributed by atoms with E-state index in [1.807, 2.05) is 24.3 Å². The van der Waals surface area contributed by atoms with Gasteiger partial charge in [0.15, 0.2) is 0 Å². The molecular weight excluding hydrogens is 403 g/mol. The third-order valence-corrected chi connectivity index (χ3v) is 5.82. The largest absolute Gasteiger partial charge is 0.264 e. The van der Waals surface area contributed by atoms with Gasteiger partial charge in [-0.1, -0.05) is 48.0 Å². The number of rotatable bonds is 5.